The summed E-state index contributed by atoms with van der Waals surface area (Å²) in [5.41, 5.74) is 0.361. The van der Waals surface area contributed by atoms with Crippen molar-refractivity contribution in [2.75, 3.05) is 13.1 Å². The summed E-state index contributed by atoms with van der Waals surface area (Å²) in [6.45, 7) is 9.11. The molecule has 1 saturated heterocycles. The lowest BCUT2D eigenvalue weighted by Gasteiger charge is -2.34. The van der Waals surface area contributed by atoms with Crippen molar-refractivity contribution >= 4 is 23.0 Å². The minimum Gasteiger partial charge on any atom is -0.477 e. The van der Waals surface area contributed by atoms with Gasteiger partial charge in [-0.05, 0) is 58.6 Å². The molecule has 1 aliphatic heterocycles. The van der Waals surface area contributed by atoms with E-state index in [2.05, 4.69) is 0 Å². The van der Waals surface area contributed by atoms with Crippen LogP contribution in [0.3, 0.4) is 0 Å². The largest absolute Gasteiger partial charge is 0.477 e. The maximum atomic E-state index is 12.6. The van der Waals surface area contributed by atoms with Crippen molar-refractivity contribution in [1.82, 2.24) is 9.47 Å². The van der Waals surface area contributed by atoms with Gasteiger partial charge in [0.2, 0.25) is 5.43 Å². The Labute approximate surface area is 169 Å². The Morgan fingerprint density at radius 2 is 2.00 bits per heavy atom. The summed E-state index contributed by atoms with van der Waals surface area (Å²) in [5.74, 6) is -1.09. The molecule has 3 rings (SSSR count). The van der Waals surface area contributed by atoms with Crippen molar-refractivity contribution in [3.05, 3.63) is 45.7 Å². The van der Waals surface area contributed by atoms with E-state index in [4.69, 9.17) is 4.74 Å². The number of aromatic nitrogens is 1. The van der Waals surface area contributed by atoms with Crippen molar-refractivity contribution in [3.63, 3.8) is 0 Å². The molecule has 0 radical (unpaired) electrons. The molecule has 29 heavy (non-hydrogen) atoms. The highest BCUT2D eigenvalue weighted by atomic mass is 16.6. The number of piperidine rings is 1. The summed E-state index contributed by atoms with van der Waals surface area (Å²) in [5, 5.41) is 9.87. The van der Waals surface area contributed by atoms with Crippen LogP contribution in [0.1, 0.15) is 49.5 Å². The van der Waals surface area contributed by atoms with Crippen molar-refractivity contribution in [2.24, 2.45) is 5.92 Å². The number of carboxylic acids is 1. The molecule has 1 amide bonds. The minimum atomic E-state index is -1.23. The summed E-state index contributed by atoms with van der Waals surface area (Å²) in [6.07, 6.45) is 2.87. The fourth-order valence-electron chi connectivity index (χ4n) is 3.80. The van der Waals surface area contributed by atoms with Gasteiger partial charge in [0, 0.05) is 31.2 Å². The fraction of sp³-hybridized carbons (Fsp3) is 0.500. The van der Waals surface area contributed by atoms with Crippen LogP contribution in [0.4, 0.5) is 4.79 Å². The van der Waals surface area contributed by atoms with Gasteiger partial charge in [0.25, 0.3) is 0 Å². The number of benzene rings is 1. The van der Waals surface area contributed by atoms with Gasteiger partial charge >= 0.3 is 12.1 Å². The van der Waals surface area contributed by atoms with Crippen molar-refractivity contribution in [1.29, 1.82) is 0 Å². The van der Waals surface area contributed by atoms with Gasteiger partial charge in [0.1, 0.15) is 11.2 Å². The lowest BCUT2D eigenvalue weighted by molar-refractivity contribution is 0.0157. The Morgan fingerprint density at radius 1 is 1.28 bits per heavy atom. The third kappa shape index (κ3) is 4.78. The topological polar surface area (TPSA) is 88.8 Å². The number of carbonyl (C=O) groups is 2. The number of nitrogens with zero attached hydrogens (tertiary/aromatic N) is 2. The van der Waals surface area contributed by atoms with E-state index in [1.54, 1.807) is 11.0 Å². The predicted molar refractivity (Wildman–Crippen MR) is 110 cm³/mol. The number of aromatic carboxylic acids is 1. The van der Waals surface area contributed by atoms with E-state index in [9.17, 15) is 19.5 Å². The lowest BCUT2D eigenvalue weighted by atomic mass is 9.97. The van der Waals surface area contributed by atoms with E-state index in [1.807, 2.05) is 44.4 Å². The second-order valence-corrected chi connectivity index (χ2v) is 8.78. The molecule has 1 aliphatic rings. The smallest absolute Gasteiger partial charge is 0.410 e. The highest BCUT2D eigenvalue weighted by Crippen LogP contribution is 2.23. The van der Waals surface area contributed by atoms with E-state index < -0.39 is 17.0 Å². The highest BCUT2D eigenvalue weighted by Gasteiger charge is 2.28. The second kappa shape index (κ2) is 7.89. The Balaban J connectivity index is 1.89. The van der Waals surface area contributed by atoms with Crippen LogP contribution >= 0.6 is 0 Å². The minimum absolute atomic E-state index is 0.143. The average Bonchev–Trinajstić information content (AvgIpc) is 2.62. The van der Waals surface area contributed by atoms with Gasteiger partial charge in [-0.1, -0.05) is 11.6 Å². The molecule has 1 aromatic carbocycles. The molecule has 7 nitrogen and oxygen atoms in total. The van der Waals surface area contributed by atoms with Crippen LogP contribution in [0, 0.1) is 12.8 Å². The molecule has 1 aromatic heterocycles. The number of fused-ring (bicyclic) bond motifs is 1. The number of ether oxygens (including phenoxy) is 1. The summed E-state index contributed by atoms with van der Waals surface area (Å²) in [4.78, 5) is 38.3. The molecule has 156 valence electrons. The van der Waals surface area contributed by atoms with Crippen LogP contribution < -0.4 is 5.43 Å². The fourth-order valence-corrected chi connectivity index (χ4v) is 3.80. The lowest BCUT2D eigenvalue weighted by Crippen LogP contribution is -2.43. The van der Waals surface area contributed by atoms with Crippen LogP contribution in [0.2, 0.25) is 0 Å². The van der Waals surface area contributed by atoms with Gasteiger partial charge in [0.05, 0.1) is 5.52 Å². The Hall–Kier alpha value is -2.83. The Bertz CT molecular complexity index is 1000. The zero-order valence-corrected chi connectivity index (χ0v) is 17.4. The van der Waals surface area contributed by atoms with Crippen LogP contribution in [-0.2, 0) is 11.3 Å². The molecular formula is C22H28N2O5. The summed E-state index contributed by atoms with van der Waals surface area (Å²) in [6, 6.07) is 5.49. The van der Waals surface area contributed by atoms with Gasteiger partial charge in [-0.15, -0.1) is 0 Å². The molecule has 0 aliphatic carbocycles. The van der Waals surface area contributed by atoms with E-state index in [1.165, 1.54) is 6.20 Å². The number of aryl methyl sites for hydroxylation is 1. The number of carbonyl (C=O) groups excluding carboxylic acids is 1. The first-order valence-electron chi connectivity index (χ1n) is 9.90. The van der Waals surface area contributed by atoms with Gasteiger partial charge in [-0.25, -0.2) is 9.59 Å². The summed E-state index contributed by atoms with van der Waals surface area (Å²) < 4.78 is 7.32. The number of likely N-dealkylation sites (tertiary alicyclic amines) is 1. The molecule has 1 N–H and O–H groups in total. The molecule has 1 fully saturated rings. The Morgan fingerprint density at radius 3 is 2.66 bits per heavy atom. The SMILES string of the molecule is Cc1ccc2c(c1)c(=O)c(C(=O)O)cn2CC1CCCN(C(=O)OC(C)(C)C)C1. The number of carboxylic acid groups (broad SMARTS) is 1. The Kier molecular flexibility index (Phi) is 5.68. The van der Waals surface area contributed by atoms with Gasteiger partial charge in [0.15, 0.2) is 0 Å². The second-order valence-electron chi connectivity index (χ2n) is 8.78. The summed E-state index contributed by atoms with van der Waals surface area (Å²) in [7, 11) is 0. The molecule has 7 heteroatoms. The van der Waals surface area contributed by atoms with Crippen molar-refractivity contribution in [3.8, 4) is 0 Å². The average molecular weight is 400 g/mol. The van der Waals surface area contributed by atoms with Gasteiger partial charge < -0.3 is 19.3 Å². The quantitative estimate of drug-likeness (QED) is 0.849. The van der Waals surface area contributed by atoms with Crippen molar-refractivity contribution < 1.29 is 19.4 Å². The number of pyridine rings is 1. The monoisotopic (exact) mass is 400 g/mol. The highest BCUT2D eigenvalue weighted by molar-refractivity contribution is 5.92. The first-order chi connectivity index (χ1) is 13.5. The van der Waals surface area contributed by atoms with Gasteiger partial charge in [-0.2, -0.15) is 0 Å². The molecular weight excluding hydrogens is 372 g/mol. The first kappa shape index (κ1) is 20.9. The number of rotatable bonds is 3. The standard InChI is InChI=1S/C22H28N2O5/c1-14-7-8-18-16(10-14)19(25)17(20(26)27)13-24(18)12-15-6-5-9-23(11-15)21(28)29-22(2,3)4/h7-8,10,13,15H,5-6,9,11-12H2,1-4H3,(H,26,27). The van der Waals surface area contributed by atoms with Crippen molar-refractivity contribution in [2.45, 2.75) is 52.7 Å². The normalized spacial score (nSPS) is 17.4. The molecule has 2 aromatic rings. The number of hydrogen-bond acceptors (Lipinski definition) is 4. The van der Waals surface area contributed by atoms with E-state index in [0.717, 1.165) is 18.4 Å². The van der Waals surface area contributed by atoms with E-state index in [0.29, 0.717) is 30.5 Å². The third-order valence-electron chi connectivity index (χ3n) is 5.09. The zero-order valence-electron chi connectivity index (χ0n) is 17.4. The number of amides is 1. The van der Waals surface area contributed by atoms with Gasteiger partial charge in [-0.3, -0.25) is 4.79 Å². The van der Waals surface area contributed by atoms with E-state index in [-0.39, 0.29) is 17.6 Å². The van der Waals surface area contributed by atoms with Crippen LogP contribution in [0.15, 0.2) is 29.2 Å². The molecule has 0 spiro atoms. The predicted octanol–water partition coefficient (Wildman–Crippen LogP) is 3.66. The first-order valence-corrected chi connectivity index (χ1v) is 9.90. The van der Waals surface area contributed by atoms with Crippen LogP contribution in [-0.4, -0.2) is 45.3 Å². The van der Waals surface area contributed by atoms with Crippen LogP contribution in [0.5, 0.6) is 0 Å². The molecule has 0 saturated carbocycles. The molecule has 1 atom stereocenters. The third-order valence-corrected chi connectivity index (χ3v) is 5.09. The number of hydrogen-bond donors (Lipinski definition) is 1. The summed E-state index contributed by atoms with van der Waals surface area (Å²) >= 11 is 0. The molecule has 1 unspecified atom stereocenters. The molecule has 0 bridgehead atoms. The van der Waals surface area contributed by atoms with Crippen LogP contribution in [0.25, 0.3) is 10.9 Å². The molecule has 2 heterocycles. The zero-order chi connectivity index (χ0) is 21.3. The van der Waals surface area contributed by atoms with E-state index >= 15 is 0 Å². The maximum absolute atomic E-state index is 12.6. The maximum Gasteiger partial charge on any atom is 0.410 e.